The van der Waals surface area contributed by atoms with Gasteiger partial charge in [-0.1, -0.05) is 6.07 Å². The summed E-state index contributed by atoms with van der Waals surface area (Å²) in [6.45, 7) is 2.89. The predicted octanol–water partition coefficient (Wildman–Crippen LogP) is 2.77. The highest BCUT2D eigenvalue weighted by atomic mass is 16.7. The van der Waals surface area contributed by atoms with E-state index in [4.69, 9.17) is 9.47 Å². The van der Waals surface area contributed by atoms with E-state index >= 15 is 0 Å². The van der Waals surface area contributed by atoms with Crippen molar-refractivity contribution in [2.24, 2.45) is 0 Å². The Morgan fingerprint density at radius 1 is 0.972 bits per heavy atom. The molecule has 2 aliphatic rings. The molecule has 0 atom stereocenters. The first-order chi connectivity index (χ1) is 17.5. The van der Waals surface area contributed by atoms with Gasteiger partial charge in [0.1, 0.15) is 5.82 Å². The zero-order valence-electron chi connectivity index (χ0n) is 20.4. The molecule has 2 aromatic carbocycles. The fourth-order valence-corrected chi connectivity index (χ4v) is 4.36. The van der Waals surface area contributed by atoms with Crippen LogP contribution in [-0.2, 0) is 6.54 Å². The second kappa shape index (κ2) is 10.2. The Balaban J connectivity index is 1.20. The first-order valence-corrected chi connectivity index (χ1v) is 11.9. The predicted molar refractivity (Wildman–Crippen MR) is 137 cm³/mol. The minimum atomic E-state index is -0.199. The molecule has 5 rings (SSSR count). The van der Waals surface area contributed by atoms with E-state index in [-0.39, 0.29) is 18.6 Å². The second-order valence-electron chi connectivity index (χ2n) is 8.97. The van der Waals surface area contributed by atoms with Crippen LogP contribution in [0, 0.1) is 0 Å². The molecule has 0 radical (unpaired) electrons. The molecule has 3 aromatic rings. The van der Waals surface area contributed by atoms with Gasteiger partial charge in [-0.15, -0.1) is 0 Å². The van der Waals surface area contributed by atoms with E-state index in [0.29, 0.717) is 61.2 Å². The third kappa shape index (κ3) is 4.91. The van der Waals surface area contributed by atoms with Gasteiger partial charge >= 0.3 is 0 Å². The van der Waals surface area contributed by atoms with Gasteiger partial charge in [-0.2, -0.15) is 0 Å². The van der Waals surface area contributed by atoms with Crippen molar-refractivity contribution < 1.29 is 19.1 Å². The van der Waals surface area contributed by atoms with Crippen molar-refractivity contribution >= 4 is 23.3 Å². The van der Waals surface area contributed by atoms with Gasteiger partial charge in [0, 0.05) is 64.3 Å². The lowest BCUT2D eigenvalue weighted by Gasteiger charge is -2.36. The van der Waals surface area contributed by atoms with Crippen LogP contribution >= 0.6 is 0 Å². The first kappa shape index (κ1) is 23.5. The molecule has 2 aliphatic heterocycles. The van der Waals surface area contributed by atoms with Crippen LogP contribution < -0.4 is 24.6 Å². The van der Waals surface area contributed by atoms with Gasteiger partial charge in [0.15, 0.2) is 11.5 Å². The minimum absolute atomic E-state index is 0.0164. The topological polar surface area (TPSA) is 87.2 Å². The van der Waals surface area contributed by atoms with Crippen molar-refractivity contribution in [2.45, 2.75) is 6.54 Å². The zero-order chi connectivity index (χ0) is 25.1. The van der Waals surface area contributed by atoms with Gasteiger partial charge in [-0.3, -0.25) is 9.59 Å². The molecule has 1 N–H and O–H groups in total. The molecule has 2 amide bonds. The highest BCUT2D eigenvalue weighted by molar-refractivity contribution is 5.99. The number of hydrogen-bond acceptors (Lipinski definition) is 7. The molecule has 0 unspecified atom stereocenters. The molecule has 1 aromatic heterocycles. The fraction of sp³-hybridized carbons (Fsp3) is 0.296. The molecule has 36 heavy (non-hydrogen) atoms. The molecule has 9 nitrogen and oxygen atoms in total. The summed E-state index contributed by atoms with van der Waals surface area (Å²) in [6, 6.07) is 16.8. The van der Waals surface area contributed by atoms with E-state index in [9.17, 15) is 9.59 Å². The Kier molecular flexibility index (Phi) is 6.62. The maximum absolute atomic E-state index is 13.0. The Labute approximate surface area is 210 Å². The molecular weight excluding hydrogens is 458 g/mol. The quantitative estimate of drug-likeness (QED) is 0.572. The summed E-state index contributed by atoms with van der Waals surface area (Å²) >= 11 is 0. The molecule has 0 saturated carbocycles. The number of nitrogens with one attached hydrogen (secondary N) is 1. The molecule has 0 bridgehead atoms. The number of ether oxygens (including phenoxy) is 2. The third-order valence-corrected chi connectivity index (χ3v) is 6.42. The van der Waals surface area contributed by atoms with E-state index in [1.54, 1.807) is 18.3 Å². The summed E-state index contributed by atoms with van der Waals surface area (Å²) in [6.07, 6.45) is 1.69. The van der Waals surface area contributed by atoms with Crippen molar-refractivity contribution in [3.05, 3.63) is 77.5 Å². The summed E-state index contributed by atoms with van der Waals surface area (Å²) in [5.41, 5.74) is 3.16. The number of hydrogen-bond donors (Lipinski definition) is 1. The molecule has 1 saturated heterocycles. The highest BCUT2D eigenvalue weighted by Gasteiger charge is 2.25. The number of amides is 2. The van der Waals surface area contributed by atoms with Crippen molar-refractivity contribution in [3.8, 4) is 11.5 Å². The van der Waals surface area contributed by atoms with Crippen LogP contribution in [0.15, 0.2) is 60.8 Å². The average molecular weight is 488 g/mol. The standard InChI is InChI=1S/C27H29N5O4/c1-30(2)21-8-6-20(7-9-21)27(34)32-14-12-31(13-15-32)25-22(4-3-11-28-25)26(33)29-17-19-5-10-23-24(16-19)36-18-35-23/h3-11,16H,12-15,17-18H2,1-2H3,(H,29,33). The molecule has 0 spiro atoms. The second-order valence-corrected chi connectivity index (χ2v) is 8.97. The van der Waals surface area contributed by atoms with Crippen LogP contribution in [0.25, 0.3) is 0 Å². The Morgan fingerprint density at radius 3 is 2.47 bits per heavy atom. The Morgan fingerprint density at radius 2 is 1.72 bits per heavy atom. The number of fused-ring (bicyclic) bond motifs is 1. The average Bonchev–Trinajstić information content (AvgIpc) is 3.39. The van der Waals surface area contributed by atoms with Gasteiger partial charge in [0.2, 0.25) is 6.79 Å². The van der Waals surface area contributed by atoms with Gasteiger partial charge in [-0.25, -0.2) is 4.98 Å². The summed E-state index contributed by atoms with van der Waals surface area (Å²) in [5.74, 6) is 1.84. The maximum Gasteiger partial charge on any atom is 0.255 e. The smallest absolute Gasteiger partial charge is 0.255 e. The monoisotopic (exact) mass is 487 g/mol. The van der Waals surface area contributed by atoms with Crippen LogP contribution in [0.3, 0.4) is 0 Å². The van der Waals surface area contributed by atoms with Crippen molar-refractivity contribution in [1.82, 2.24) is 15.2 Å². The number of carbonyl (C=O) groups excluding carboxylic acids is 2. The molecule has 0 aliphatic carbocycles. The van der Waals surface area contributed by atoms with Gasteiger partial charge < -0.3 is 29.5 Å². The third-order valence-electron chi connectivity index (χ3n) is 6.42. The van der Waals surface area contributed by atoms with Crippen molar-refractivity contribution in [2.75, 3.05) is 56.9 Å². The Hall–Kier alpha value is -4.27. The van der Waals surface area contributed by atoms with E-state index in [1.165, 1.54) is 0 Å². The lowest BCUT2D eigenvalue weighted by atomic mass is 10.1. The molecule has 3 heterocycles. The molecule has 9 heteroatoms. The first-order valence-electron chi connectivity index (χ1n) is 11.9. The van der Waals surface area contributed by atoms with E-state index in [1.807, 2.05) is 66.4 Å². The summed E-state index contributed by atoms with van der Waals surface area (Å²) in [4.78, 5) is 36.5. The number of piperazine rings is 1. The number of rotatable bonds is 6. The van der Waals surface area contributed by atoms with Crippen molar-refractivity contribution in [1.29, 1.82) is 0 Å². The Bertz CT molecular complexity index is 1250. The minimum Gasteiger partial charge on any atom is -0.454 e. The number of pyridine rings is 1. The summed E-state index contributed by atoms with van der Waals surface area (Å²) in [7, 11) is 3.94. The molecule has 186 valence electrons. The van der Waals surface area contributed by atoms with Crippen LogP contribution in [0.5, 0.6) is 11.5 Å². The highest BCUT2D eigenvalue weighted by Crippen LogP contribution is 2.32. The number of anilines is 2. The largest absolute Gasteiger partial charge is 0.454 e. The number of benzene rings is 2. The van der Waals surface area contributed by atoms with Gasteiger partial charge in [-0.05, 0) is 54.1 Å². The van der Waals surface area contributed by atoms with Gasteiger partial charge in [0.25, 0.3) is 11.8 Å². The van der Waals surface area contributed by atoms with Gasteiger partial charge in [0.05, 0.1) is 5.56 Å². The molecule has 1 fully saturated rings. The lowest BCUT2D eigenvalue weighted by Crippen LogP contribution is -2.49. The van der Waals surface area contributed by atoms with Crippen LogP contribution in [0.2, 0.25) is 0 Å². The maximum atomic E-state index is 13.0. The van der Waals surface area contributed by atoms with E-state index in [0.717, 1.165) is 11.3 Å². The van der Waals surface area contributed by atoms with Crippen LogP contribution in [-0.4, -0.2) is 68.8 Å². The number of nitrogens with zero attached hydrogens (tertiary/aromatic N) is 4. The van der Waals surface area contributed by atoms with E-state index < -0.39 is 0 Å². The fourth-order valence-electron chi connectivity index (χ4n) is 4.36. The lowest BCUT2D eigenvalue weighted by molar-refractivity contribution is 0.0745. The normalized spacial score (nSPS) is 14.5. The van der Waals surface area contributed by atoms with Crippen LogP contribution in [0.1, 0.15) is 26.3 Å². The zero-order valence-corrected chi connectivity index (χ0v) is 20.4. The van der Waals surface area contributed by atoms with E-state index in [2.05, 4.69) is 15.2 Å². The molecular formula is C27H29N5O4. The summed E-state index contributed by atoms with van der Waals surface area (Å²) < 4.78 is 10.8. The summed E-state index contributed by atoms with van der Waals surface area (Å²) in [5, 5.41) is 2.98. The van der Waals surface area contributed by atoms with Crippen molar-refractivity contribution in [3.63, 3.8) is 0 Å². The number of carbonyl (C=O) groups is 2. The van der Waals surface area contributed by atoms with Crippen LogP contribution in [0.4, 0.5) is 11.5 Å². The SMILES string of the molecule is CN(C)c1ccc(C(=O)N2CCN(c3ncccc3C(=O)NCc3ccc4c(c3)OCO4)CC2)cc1. The number of aromatic nitrogens is 1.